The van der Waals surface area contributed by atoms with Crippen LogP contribution in [0.25, 0.3) is 0 Å². The van der Waals surface area contributed by atoms with Crippen LogP contribution in [0.5, 0.6) is 0 Å². The molecule has 0 aliphatic carbocycles. The van der Waals surface area contributed by atoms with E-state index in [0.717, 1.165) is 9.87 Å². The zero-order valence-electron chi connectivity index (χ0n) is 24.9. The van der Waals surface area contributed by atoms with Gasteiger partial charge < -0.3 is 10.2 Å². The van der Waals surface area contributed by atoms with Crippen molar-refractivity contribution in [3.8, 4) is 0 Å². The summed E-state index contributed by atoms with van der Waals surface area (Å²) in [4.78, 5) is 29.8. The lowest BCUT2D eigenvalue weighted by molar-refractivity contribution is -0.140. The summed E-state index contributed by atoms with van der Waals surface area (Å²) in [5.41, 5.74) is 1.58. The van der Waals surface area contributed by atoms with Gasteiger partial charge in [0.15, 0.2) is 0 Å². The average Bonchev–Trinajstić information content (AvgIpc) is 3.04. The second-order valence-electron chi connectivity index (χ2n) is 10.6. The minimum absolute atomic E-state index is 0.0178. The molecule has 0 bridgehead atoms. The lowest BCUT2D eigenvalue weighted by Gasteiger charge is -2.34. The van der Waals surface area contributed by atoms with Crippen molar-refractivity contribution in [1.82, 2.24) is 10.2 Å². The Kier molecular flexibility index (Phi) is 11.9. The summed E-state index contributed by atoms with van der Waals surface area (Å²) in [6.07, 6.45) is 0.886. The fourth-order valence-electron chi connectivity index (χ4n) is 4.69. The molecule has 4 aromatic rings. The molecule has 11 heteroatoms. The number of amides is 2. The number of anilines is 1. The van der Waals surface area contributed by atoms with Crippen molar-refractivity contribution in [2.24, 2.45) is 0 Å². The van der Waals surface area contributed by atoms with Crippen molar-refractivity contribution in [3.63, 3.8) is 0 Å². The van der Waals surface area contributed by atoms with E-state index in [4.69, 9.17) is 34.8 Å². The van der Waals surface area contributed by atoms with Gasteiger partial charge >= 0.3 is 0 Å². The minimum Gasteiger partial charge on any atom is -0.352 e. The largest absolute Gasteiger partial charge is 0.352 e. The number of hydrogen-bond acceptors (Lipinski definition) is 4. The van der Waals surface area contributed by atoms with Crippen LogP contribution in [-0.4, -0.2) is 43.8 Å². The van der Waals surface area contributed by atoms with Gasteiger partial charge in [-0.1, -0.05) is 102 Å². The van der Waals surface area contributed by atoms with E-state index in [9.17, 15) is 18.0 Å². The molecule has 236 valence electrons. The van der Waals surface area contributed by atoms with Gasteiger partial charge in [-0.2, -0.15) is 0 Å². The molecule has 0 spiro atoms. The second-order valence-corrected chi connectivity index (χ2v) is 13.7. The standard InChI is InChI=1S/C34H34Cl3N3O4S/c1-3-24(2)38-34(42)32(20-25-10-6-4-7-11-25)39(22-26-14-16-27(35)17-15-26)33(41)23-40(31-21-28(36)18-19-30(31)37)45(43,44)29-12-8-5-9-13-29/h4-19,21,24,32H,3,20,22-23H2,1-2H3,(H,38,42)/t24-,32+/m0/s1. The van der Waals surface area contributed by atoms with Crippen molar-refractivity contribution in [2.75, 3.05) is 10.8 Å². The van der Waals surface area contributed by atoms with Gasteiger partial charge in [0.05, 0.1) is 15.6 Å². The van der Waals surface area contributed by atoms with E-state index in [2.05, 4.69) is 5.32 Å². The van der Waals surface area contributed by atoms with Gasteiger partial charge in [0.1, 0.15) is 12.6 Å². The predicted molar refractivity (Wildman–Crippen MR) is 181 cm³/mol. The lowest BCUT2D eigenvalue weighted by atomic mass is 10.0. The zero-order chi connectivity index (χ0) is 32.6. The molecule has 0 saturated carbocycles. The van der Waals surface area contributed by atoms with E-state index in [0.29, 0.717) is 17.0 Å². The Bertz CT molecular complexity index is 1710. The highest BCUT2D eigenvalue weighted by molar-refractivity contribution is 7.92. The fraction of sp³-hybridized carbons (Fsp3) is 0.235. The smallest absolute Gasteiger partial charge is 0.264 e. The van der Waals surface area contributed by atoms with Crippen LogP contribution < -0.4 is 9.62 Å². The number of sulfonamides is 1. The SMILES string of the molecule is CC[C@H](C)NC(=O)[C@@H](Cc1ccccc1)N(Cc1ccc(Cl)cc1)C(=O)CN(c1cc(Cl)ccc1Cl)S(=O)(=O)c1ccccc1. The van der Waals surface area contributed by atoms with Gasteiger partial charge in [0.2, 0.25) is 11.8 Å². The fourth-order valence-corrected chi connectivity index (χ4v) is 6.70. The summed E-state index contributed by atoms with van der Waals surface area (Å²) in [5.74, 6) is -0.963. The van der Waals surface area contributed by atoms with E-state index >= 15 is 0 Å². The summed E-state index contributed by atoms with van der Waals surface area (Å²) in [7, 11) is -4.30. The summed E-state index contributed by atoms with van der Waals surface area (Å²) < 4.78 is 29.1. The number of carbonyl (C=O) groups is 2. The van der Waals surface area contributed by atoms with Crippen molar-refractivity contribution >= 4 is 62.3 Å². The molecule has 0 saturated heterocycles. The van der Waals surface area contributed by atoms with Crippen LogP contribution in [0.15, 0.2) is 108 Å². The number of halogens is 3. The maximum Gasteiger partial charge on any atom is 0.264 e. The molecule has 0 radical (unpaired) electrons. The van der Waals surface area contributed by atoms with Crippen molar-refractivity contribution in [3.05, 3.63) is 129 Å². The van der Waals surface area contributed by atoms with E-state index in [1.165, 1.54) is 35.2 Å². The molecule has 45 heavy (non-hydrogen) atoms. The van der Waals surface area contributed by atoms with Gasteiger partial charge in [-0.15, -0.1) is 0 Å². The van der Waals surface area contributed by atoms with Gasteiger partial charge in [-0.3, -0.25) is 13.9 Å². The summed E-state index contributed by atoms with van der Waals surface area (Å²) >= 11 is 18.9. The molecule has 2 atom stereocenters. The zero-order valence-corrected chi connectivity index (χ0v) is 28.0. The molecular formula is C34H34Cl3N3O4S. The topological polar surface area (TPSA) is 86.8 Å². The predicted octanol–water partition coefficient (Wildman–Crippen LogP) is 7.40. The van der Waals surface area contributed by atoms with E-state index in [-0.39, 0.29) is 45.5 Å². The molecule has 0 unspecified atom stereocenters. The first kappa shape index (κ1) is 34.3. The first-order valence-electron chi connectivity index (χ1n) is 14.4. The molecule has 0 heterocycles. The van der Waals surface area contributed by atoms with Crippen molar-refractivity contribution < 1.29 is 18.0 Å². The van der Waals surface area contributed by atoms with Crippen LogP contribution >= 0.6 is 34.8 Å². The van der Waals surface area contributed by atoms with Crippen LogP contribution in [0.4, 0.5) is 5.69 Å². The second kappa shape index (κ2) is 15.6. The number of hydrogen-bond donors (Lipinski definition) is 1. The Morgan fingerprint density at radius 1 is 0.800 bits per heavy atom. The quantitative estimate of drug-likeness (QED) is 0.159. The minimum atomic E-state index is -4.30. The highest BCUT2D eigenvalue weighted by atomic mass is 35.5. The molecule has 7 nitrogen and oxygen atoms in total. The van der Waals surface area contributed by atoms with E-state index < -0.39 is 28.5 Å². The molecule has 0 fully saturated rings. The molecule has 2 amide bonds. The molecular weight excluding hydrogens is 653 g/mol. The summed E-state index contributed by atoms with van der Waals surface area (Å²) in [6, 6.07) is 27.3. The van der Waals surface area contributed by atoms with Crippen LogP contribution in [-0.2, 0) is 32.6 Å². The first-order valence-corrected chi connectivity index (χ1v) is 17.0. The third-order valence-corrected chi connectivity index (χ3v) is 9.91. The van der Waals surface area contributed by atoms with Crippen LogP contribution in [0, 0.1) is 0 Å². The Hall–Kier alpha value is -3.56. The monoisotopic (exact) mass is 685 g/mol. The number of nitrogens with zero attached hydrogens (tertiary/aromatic N) is 2. The van der Waals surface area contributed by atoms with Gasteiger partial charge in [0, 0.05) is 29.1 Å². The van der Waals surface area contributed by atoms with Crippen molar-refractivity contribution in [2.45, 2.75) is 50.2 Å². The number of rotatable bonds is 13. The van der Waals surface area contributed by atoms with Gasteiger partial charge in [0.25, 0.3) is 10.0 Å². The summed E-state index contributed by atoms with van der Waals surface area (Å²) in [6.45, 7) is 3.21. The van der Waals surface area contributed by atoms with Gasteiger partial charge in [-0.05, 0) is 66.9 Å². The molecule has 1 N–H and O–H groups in total. The van der Waals surface area contributed by atoms with E-state index in [1.807, 2.05) is 44.2 Å². The van der Waals surface area contributed by atoms with Crippen LogP contribution in [0.2, 0.25) is 15.1 Å². The van der Waals surface area contributed by atoms with Crippen LogP contribution in [0.3, 0.4) is 0 Å². The highest BCUT2D eigenvalue weighted by Crippen LogP contribution is 2.33. The Morgan fingerprint density at radius 2 is 1.40 bits per heavy atom. The Balaban J connectivity index is 1.83. The molecule has 4 aromatic carbocycles. The number of nitrogens with one attached hydrogen (secondary N) is 1. The maximum atomic E-state index is 14.5. The normalized spacial score (nSPS) is 12.6. The molecule has 0 aliphatic rings. The Labute approximate surface area is 279 Å². The van der Waals surface area contributed by atoms with E-state index in [1.54, 1.807) is 42.5 Å². The van der Waals surface area contributed by atoms with Crippen molar-refractivity contribution in [1.29, 1.82) is 0 Å². The molecule has 4 rings (SSSR count). The number of benzene rings is 4. The van der Waals surface area contributed by atoms with Crippen LogP contribution in [0.1, 0.15) is 31.4 Å². The maximum absolute atomic E-state index is 14.5. The summed E-state index contributed by atoms with van der Waals surface area (Å²) in [5, 5.41) is 3.86. The highest BCUT2D eigenvalue weighted by Gasteiger charge is 2.35. The van der Waals surface area contributed by atoms with Gasteiger partial charge in [-0.25, -0.2) is 8.42 Å². The first-order chi connectivity index (χ1) is 21.5. The molecule has 0 aliphatic heterocycles. The molecule has 0 aromatic heterocycles. The lowest BCUT2D eigenvalue weighted by Crippen LogP contribution is -2.54. The third-order valence-electron chi connectivity index (χ3n) is 7.33. The third kappa shape index (κ3) is 9.01. The average molecular weight is 687 g/mol. The number of carbonyl (C=O) groups excluding carboxylic acids is 2. The Morgan fingerprint density at radius 3 is 2.02 bits per heavy atom.